The Morgan fingerprint density at radius 2 is 0.906 bits per heavy atom. The second kappa shape index (κ2) is 28.1. The highest BCUT2D eigenvalue weighted by atomic mass is 32.1. The van der Waals surface area contributed by atoms with Gasteiger partial charge < -0.3 is 14.6 Å². The summed E-state index contributed by atoms with van der Waals surface area (Å²) in [6.07, 6.45) is 20.2. The van der Waals surface area contributed by atoms with E-state index >= 15 is 0 Å². The molecule has 32 heavy (non-hydrogen) atoms. The normalized spacial score (nSPS) is 10.2. The van der Waals surface area contributed by atoms with Crippen molar-refractivity contribution < 1.29 is 29.0 Å². The maximum absolute atomic E-state index is 10.5. The maximum Gasteiger partial charge on any atom is 0.315 e. The van der Waals surface area contributed by atoms with Crippen LogP contribution in [0.1, 0.15) is 110 Å². The number of hydrogen-bond acceptors (Lipinski definition) is 7. The van der Waals surface area contributed by atoms with Gasteiger partial charge in [0.1, 0.15) is 13.2 Å². The molecule has 0 heterocycles. The maximum atomic E-state index is 10.5. The summed E-state index contributed by atoms with van der Waals surface area (Å²) >= 11 is 7.36. The van der Waals surface area contributed by atoms with Crippen molar-refractivity contribution >= 4 is 43.2 Å². The molecule has 0 rings (SSSR count). The van der Waals surface area contributed by atoms with E-state index in [2.05, 4.69) is 41.7 Å². The van der Waals surface area contributed by atoms with Gasteiger partial charge in [0.05, 0.1) is 11.5 Å². The first kappa shape index (κ1) is 33.3. The third-order valence-corrected chi connectivity index (χ3v) is 5.38. The number of thiol groups is 2. The minimum Gasteiger partial charge on any atom is -0.481 e. The molecule has 0 atom stereocenters. The number of unbranched alkanes of at least 4 members (excludes halogenated alkanes) is 14. The van der Waals surface area contributed by atoms with Gasteiger partial charge in [-0.2, -0.15) is 25.3 Å². The zero-order valence-corrected chi connectivity index (χ0v) is 21.8. The van der Waals surface area contributed by atoms with E-state index in [1.165, 1.54) is 83.5 Å². The van der Waals surface area contributed by atoms with Gasteiger partial charge in [0, 0.05) is 6.42 Å². The smallest absolute Gasteiger partial charge is 0.315 e. The van der Waals surface area contributed by atoms with Gasteiger partial charge in [-0.25, -0.2) is 0 Å². The van der Waals surface area contributed by atoms with Gasteiger partial charge in [0.25, 0.3) is 0 Å². The quantitative estimate of drug-likeness (QED) is 0.0990. The van der Waals surface area contributed by atoms with Crippen LogP contribution in [0.15, 0.2) is 0 Å². The fourth-order valence-corrected chi connectivity index (χ4v) is 3.23. The highest BCUT2D eigenvalue weighted by molar-refractivity contribution is 7.81. The van der Waals surface area contributed by atoms with E-state index < -0.39 is 17.9 Å². The molecule has 0 aromatic rings. The molecule has 190 valence electrons. The van der Waals surface area contributed by atoms with Crippen molar-refractivity contribution in [2.75, 3.05) is 24.7 Å². The average molecular weight is 495 g/mol. The molecule has 0 spiro atoms. The Morgan fingerprint density at radius 3 is 1.19 bits per heavy atom. The predicted octanol–water partition coefficient (Wildman–Crippen LogP) is 6.26. The van der Waals surface area contributed by atoms with Gasteiger partial charge in [0.2, 0.25) is 0 Å². The highest BCUT2D eigenvalue weighted by Crippen LogP contribution is 2.13. The van der Waals surface area contributed by atoms with Crippen LogP contribution in [0.3, 0.4) is 0 Å². The molecular formula is C24H46O6S2. The van der Waals surface area contributed by atoms with Crippen LogP contribution in [0.2, 0.25) is 0 Å². The number of carbonyl (C=O) groups excluding carboxylic acids is 2. The second-order valence-corrected chi connectivity index (χ2v) is 8.48. The number of carboxylic acid groups (broad SMARTS) is 1. The first-order chi connectivity index (χ1) is 15.5. The lowest BCUT2D eigenvalue weighted by Gasteiger charge is -2.03. The standard InChI is InChI=1S/C18H36O2.C6H10O4S2/c1-2-3-4-5-6-7-8-9-10-11-12-13-14-15-16-17-18(19)20;7-5(3-11)9-1-2-10-6(8)4-12/h2-17H2,1H3,(H,19,20);11-12H,1-4H2. The molecule has 0 amide bonds. The molecule has 0 aliphatic rings. The molecule has 0 aliphatic heterocycles. The van der Waals surface area contributed by atoms with E-state index in [1.807, 2.05) is 0 Å². The molecule has 0 bridgehead atoms. The van der Waals surface area contributed by atoms with E-state index in [9.17, 15) is 14.4 Å². The van der Waals surface area contributed by atoms with Crippen LogP contribution in [0.25, 0.3) is 0 Å². The minimum absolute atomic E-state index is 0.0283. The summed E-state index contributed by atoms with van der Waals surface area (Å²) in [4.78, 5) is 31.3. The van der Waals surface area contributed by atoms with Crippen LogP contribution in [0, 0.1) is 0 Å². The number of aliphatic carboxylic acids is 1. The second-order valence-electron chi connectivity index (χ2n) is 7.85. The Labute approximate surface area is 206 Å². The Balaban J connectivity index is 0. The number of rotatable bonds is 21. The van der Waals surface area contributed by atoms with Crippen molar-refractivity contribution in [1.82, 2.24) is 0 Å². The summed E-state index contributed by atoms with van der Waals surface area (Å²) in [5.74, 6) is -1.46. The SMILES string of the molecule is CCCCCCCCCCCCCCCCCC(=O)O.O=C(CS)OCCOC(=O)CS. The molecule has 0 aromatic carbocycles. The van der Waals surface area contributed by atoms with E-state index in [-0.39, 0.29) is 24.7 Å². The van der Waals surface area contributed by atoms with Gasteiger partial charge in [-0.15, -0.1) is 0 Å². The fourth-order valence-electron chi connectivity index (χ4n) is 3.05. The minimum atomic E-state index is -0.653. The van der Waals surface area contributed by atoms with E-state index in [0.717, 1.165) is 12.8 Å². The number of ether oxygens (including phenoxy) is 2. The zero-order chi connectivity index (χ0) is 24.3. The van der Waals surface area contributed by atoms with Gasteiger partial charge in [-0.1, -0.05) is 96.8 Å². The molecule has 1 N–H and O–H groups in total. The third kappa shape index (κ3) is 31.3. The molecule has 0 saturated heterocycles. The summed E-state index contributed by atoms with van der Waals surface area (Å²) in [7, 11) is 0. The Morgan fingerprint density at radius 1 is 0.594 bits per heavy atom. The number of carboxylic acids is 1. The lowest BCUT2D eigenvalue weighted by molar-refractivity contribution is -0.148. The predicted molar refractivity (Wildman–Crippen MR) is 137 cm³/mol. The van der Waals surface area contributed by atoms with Crippen LogP contribution < -0.4 is 0 Å². The van der Waals surface area contributed by atoms with Crippen molar-refractivity contribution in [2.24, 2.45) is 0 Å². The van der Waals surface area contributed by atoms with Crippen molar-refractivity contribution in [3.63, 3.8) is 0 Å². The first-order valence-electron chi connectivity index (χ1n) is 12.2. The molecule has 0 aromatic heterocycles. The lowest BCUT2D eigenvalue weighted by Crippen LogP contribution is -2.14. The van der Waals surface area contributed by atoms with Gasteiger partial charge in [0.15, 0.2) is 0 Å². The largest absolute Gasteiger partial charge is 0.481 e. The van der Waals surface area contributed by atoms with Crippen molar-refractivity contribution in [3.05, 3.63) is 0 Å². The number of esters is 2. The van der Waals surface area contributed by atoms with Gasteiger partial charge in [-0.05, 0) is 6.42 Å². The van der Waals surface area contributed by atoms with Crippen LogP contribution in [-0.2, 0) is 23.9 Å². The van der Waals surface area contributed by atoms with Crippen LogP contribution >= 0.6 is 25.3 Å². The third-order valence-electron chi connectivity index (χ3n) is 4.86. The average Bonchev–Trinajstić information content (AvgIpc) is 2.79. The van der Waals surface area contributed by atoms with Crippen LogP contribution in [-0.4, -0.2) is 47.7 Å². The molecular weight excluding hydrogens is 448 g/mol. The summed E-state index contributed by atoms with van der Waals surface area (Å²) in [5, 5.41) is 8.52. The number of hydrogen-bond donors (Lipinski definition) is 3. The zero-order valence-electron chi connectivity index (χ0n) is 20.0. The molecule has 0 aliphatic carbocycles. The Hall–Kier alpha value is -0.890. The summed E-state index contributed by atoms with van der Waals surface area (Å²) in [5.41, 5.74) is 0. The van der Waals surface area contributed by atoms with Gasteiger partial charge in [-0.3, -0.25) is 14.4 Å². The molecule has 0 radical (unpaired) electrons. The first-order valence-corrected chi connectivity index (χ1v) is 13.5. The molecule has 0 unspecified atom stereocenters. The van der Waals surface area contributed by atoms with Crippen LogP contribution in [0.4, 0.5) is 0 Å². The summed E-state index contributed by atoms with van der Waals surface area (Å²) in [6, 6.07) is 0. The molecule has 0 saturated carbocycles. The van der Waals surface area contributed by atoms with E-state index in [4.69, 9.17) is 5.11 Å². The molecule has 0 fully saturated rings. The van der Waals surface area contributed by atoms with E-state index in [1.54, 1.807) is 0 Å². The topological polar surface area (TPSA) is 89.9 Å². The lowest BCUT2D eigenvalue weighted by atomic mass is 10.0. The van der Waals surface area contributed by atoms with Crippen molar-refractivity contribution in [2.45, 2.75) is 110 Å². The van der Waals surface area contributed by atoms with Gasteiger partial charge >= 0.3 is 17.9 Å². The monoisotopic (exact) mass is 494 g/mol. The summed E-state index contributed by atoms with van der Waals surface area (Å²) < 4.78 is 9.14. The molecule has 8 heteroatoms. The Kier molecular flexibility index (Phi) is 29.3. The van der Waals surface area contributed by atoms with Crippen molar-refractivity contribution in [1.29, 1.82) is 0 Å². The summed E-state index contributed by atoms with van der Waals surface area (Å²) in [6.45, 7) is 2.41. The Bertz CT molecular complexity index is 428. The fraction of sp³-hybridized carbons (Fsp3) is 0.875. The van der Waals surface area contributed by atoms with Crippen molar-refractivity contribution in [3.8, 4) is 0 Å². The van der Waals surface area contributed by atoms with E-state index in [0.29, 0.717) is 6.42 Å². The molecule has 6 nitrogen and oxygen atoms in total. The van der Waals surface area contributed by atoms with Crippen LogP contribution in [0.5, 0.6) is 0 Å². The highest BCUT2D eigenvalue weighted by Gasteiger charge is 2.01. The number of carbonyl (C=O) groups is 3.